The first-order valence-corrected chi connectivity index (χ1v) is 8.61. The Hall–Kier alpha value is -3.84. The summed E-state index contributed by atoms with van der Waals surface area (Å²) in [5, 5.41) is 25.4. The lowest BCUT2D eigenvalue weighted by molar-refractivity contribution is -0.384. The molecular formula is C16H17F2N7O5. The molecule has 12 nitrogen and oxygen atoms in total. The third-order valence-corrected chi connectivity index (χ3v) is 4.36. The third-order valence-electron chi connectivity index (χ3n) is 4.36. The molecular weight excluding hydrogens is 408 g/mol. The number of nitro groups is 1. The third kappa shape index (κ3) is 4.42. The molecule has 3 N–H and O–H groups in total. The minimum Gasteiger partial charge on any atom is -0.480 e. The van der Waals surface area contributed by atoms with Crippen LogP contribution in [0.1, 0.15) is 6.42 Å². The average Bonchev–Trinajstić information content (AvgIpc) is 2.69. The van der Waals surface area contributed by atoms with E-state index >= 15 is 0 Å². The lowest BCUT2D eigenvalue weighted by atomic mass is 10.0. The maximum absolute atomic E-state index is 14.4. The smallest absolute Gasteiger partial charge is 0.407 e. The van der Waals surface area contributed by atoms with Gasteiger partial charge < -0.3 is 25.4 Å². The Morgan fingerprint density at radius 2 is 2.23 bits per heavy atom. The van der Waals surface area contributed by atoms with E-state index in [-0.39, 0.29) is 24.8 Å². The van der Waals surface area contributed by atoms with Gasteiger partial charge in [-0.2, -0.15) is 4.98 Å². The number of rotatable bonds is 6. The van der Waals surface area contributed by atoms with Crippen LogP contribution in [-0.2, 0) is 0 Å². The molecule has 0 aliphatic carbocycles. The zero-order valence-electron chi connectivity index (χ0n) is 15.6. The molecule has 1 aliphatic heterocycles. The van der Waals surface area contributed by atoms with Gasteiger partial charge in [0.2, 0.25) is 17.6 Å². The summed E-state index contributed by atoms with van der Waals surface area (Å²) in [5.41, 5.74) is -0.241. The average molecular weight is 425 g/mol. The maximum Gasteiger partial charge on any atom is 0.407 e. The summed E-state index contributed by atoms with van der Waals surface area (Å²) >= 11 is 0. The van der Waals surface area contributed by atoms with E-state index in [4.69, 9.17) is 9.84 Å². The molecule has 0 saturated carbocycles. The fourth-order valence-electron chi connectivity index (χ4n) is 2.89. The SMILES string of the molecule is COc1ncccc1Nc1ncc([N+](=O)[O-])c(NC2CCN(C(=O)O)CC2(F)F)n1. The summed E-state index contributed by atoms with van der Waals surface area (Å²) in [4.78, 5) is 33.8. The topological polar surface area (TPSA) is 156 Å². The van der Waals surface area contributed by atoms with E-state index in [1.165, 1.54) is 13.3 Å². The Morgan fingerprint density at radius 3 is 2.87 bits per heavy atom. The van der Waals surface area contributed by atoms with Crippen molar-refractivity contribution in [1.82, 2.24) is 19.9 Å². The summed E-state index contributed by atoms with van der Waals surface area (Å²) in [5.74, 6) is -3.79. The molecule has 0 radical (unpaired) electrons. The number of amides is 1. The van der Waals surface area contributed by atoms with Crippen molar-refractivity contribution < 1.29 is 28.3 Å². The van der Waals surface area contributed by atoms with Crippen LogP contribution in [0.4, 0.5) is 36.7 Å². The number of alkyl halides is 2. The number of halogens is 2. The van der Waals surface area contributed by atoms with Gasteiger partial charge in [0.05, 0.1) is 24.6 Å². The fraction of sp³-hybridized carbons (Fsp3) is 0.375. The quantitative estimate of drug-likeness (QED) is 0.464. The predicted octanol–water partition coefficient (Wildman–Crippen LogP) is 2.33. The number of ether oxygens (including phenoxy) is 1. The van der Waals surface area contributed by atoms with E-state index in [9.17, 15) is 23.7 Å². The van der Waals surface area contributed by atoms with Crippen LogP contribution >= 0.6 is 0 Å². The molecule has 1 unspecified atom stereocenters. The van der Waals surface area contributed by atoms with E-state index in [0.29, 0.717) is 10.6 Å². The highest BCUT2D eigenvalue weighted by molar-refractivity contribution is 5.66. The number of likely N-dealkylation sites (tertiary alicyclic amines) is 1. The highest BCUT2D eigenvalue weighted by Gasteiger charge is 2.46. The molecule has 14 heteroatoms. The molecule has 2 aromatic rings. The van der Waals surface area contributed by atoms with E-state index in [2.05, 4.69) is 25.6 Å². The molecule has 3 heterocycles. The number of hydrogen-bond donors (Lipinski definition) is 3. The minimum absolute atomic E-state index is 0.110. The summed E-state index contributed by atoms with van der Waals surface area (Å²) in [7, 11) is 1.39. The molecule has 1 amide bonds. The fourth-order valence-corrected chi connectivity index (χ4v) is 2.89. The minimum atomic E-state index is -3.46. The normalized spacial score (nSPS) is 17.8. The van der Waals surface area contributed by atoms with Crippen LogP contribution in [0.25, 0.3) is 0 Å². The molecule has 2 aromatic heterocycles. The van der Waals surface area contributed by atoms with Gasteiger partial charge in [0.25, 0.3) is 5.92 Å². The summed E-state index contributed by atoms with van der Waals surface area (Å²) in [6.07, 6.45) is 0.641. The van der Waals surface area contributed by atoms with Gasteiger partial charge in [-0.15, -0.1) is 0 Å². The Labute approximate surface area is 168 Å². The van der Waals surface area contributed by atoms with E-state index in [1.807, 2.05) is 0 Å². The van der Waals surface area contributed by atoms with E-state index in [1.54, 1.807) is 12.1 Å². The van der Waals surface area contributed by atoms with Crippen molar-refractivity contribution in [1.29, 1.82) is 0 Å². The zero-order chi connectivity index (χ0) is 21.9. The van der Waals surface area contributed by atoms with E-state index < -0.39 is 41.0 Å². The number of hydrogen-bond acceptors (Lipinski definition) is 9. The molecule has 160 valence electrons. The molecule has 1 fully saturated rings. The molecule has 0 bridgehead atoms. The molecule has 0 spiro atoms. The van der Waals surface area contributed by atoms with Crippen LogP contribution in [0, 0.1) is 10.1 Å². The highest BCUT2D eigenvalue weighted by atomic mass is 19.3. The second-order valence-electron chi connectivity index (χ2n) is 6.32. The number of nitrogens with zero attached hydrogens (tertiary/aromatic N) is 5. The lowest BCUT2D eigenvalue weighted by Crippen LogP contribution is -2.55. The van der Waals surface area contributed by atoms with Crippen molar-refractivity contribution in [2.45, 2.75) is 18.4 Å². The number of anilines is 3. The summed E-state index contributed by atoms with van der Waals surface area (Å²) < 4.78 is 33.9. The monoisotopic (exact) mass is 425 g/mol. The van der Waals surface area contributed by atoms with Crippen molar-refractivity contribution in [3.63, 3.8) is 0 Å². The van der Waals surface area contributed by atoms with Crippen LogP contribution in [0.3, 0.4) is 0 Å². The first-order chi connectivity index (χ1) is 14.2. The molecule has 1 aliphatic rings. The number of pyridine rings is 1. The number of aromatic nitrogens is 3. The number of piperidine rings is 1. The second kappa shape index (κ2) is 8.26. The highest BCUT2D eigenvalue weighted by Crippen LogP contribution is 2.33. The first-order valence-electron chi connectivity index (χ1n) is 8.61. The number of methoxy groups -OCH3 is 1. The predicted molar refractivity (Wildman–Crippen MR) is 99.3 cm³/mol. The molecule has 30 heavy (non-hydrogen) atoms. The van der Waals surface area contributed by atoms with Crippen molar-refractivity contribution in [2.75, 3.05) is 30.8 Å². The van der Waals surface area contributed by atoms with Crippen molar-refractivity contribution in [3.8, 4) is 5.88 Å². The van der Waals surface area contributed by atoms with Gasteiger partial charge in [-0.3, -0.25) is 10.1 Å². The lowest BCUT2D eigenvalue weighted by Gasteiger charge is -2.37. The number of carbonyl (C=O) groups is 1. The van der Waals surface area contributed by atoms with Crippen LogP contribution in [0.2, 0.25) is 0 Å². The second-order valence-corrected chi connectivity index (χ2v) is 6.32. The molecule has 1 atom stereocenters. The van der Waals surface area contributed by atoms with Gasteiger partial charge in [-0.25, -0.2) is 23.5 Å². The van der Waals surface area contributed by atoms with E-state index in [0.717, 1.165) is 6.20 Å². The van der Waals surface area contributed by atoms with Crippen molar-refractivity contribution >= 4 is 29.2 Å². The van der Waals surface area contributed by atoms with Crippen LogP contribution in [0.5, 0.6) is 5.88 Å². The van der Waals surface area contributed by atoms with Crippen molar-refractivity contribution in [2.24, 2.45) is 0 Å². The van der Waals surface area contributed by atoms with Crippen LogP contribution < -0.4 is 15.4 Å². The summed E-state index contributed by atoms with van der Waals surface area (Å²) in [6, 6.07) is 1.65. The Kier molecular flexibility index (Phi) is 5.75. The van der Waals surface area contributed by atoms with Crippen molar-refractivity contribution in [3.05, 3.63) is 34.6 Å². The Bertz CT molecular complexity index is 961. The van der Waals surface area contributed by atoms with Gasteiger partial charge in [-0.05, 0) is 18.6 Å². The van der Waals surface area contributed by atoms with Gasteiger partial charge in [0.1, 0.15) is 11.9 Å². The number of carboxylic acid groups (broad SMARTS) is 1. The van der Waals surface area contributed by atoms with Gasteiger partial charge >= 0.3 is 11.8 Å². The first kappa shape index (κ1) is 20.9. The van der Waals surface area contributed by atoms with Crippen LogP contribution in [0.15, 0.2) is 24.5 Å². The Balaban J connectivity index is 1.87. The molecule has 0 aromatic carbocycles. The maximum atomic E-state index is 14.4. The molecule has 1 saturated heterocycles. The van der Waals surface area contributed by atoms with Gasteiger partial charge in [0, 0.05) is 12.7 Å². The number of nitrogens with one attached hydrogen (secondary N) is 2. The van der Waals surface area contributed by atoms with Gasteiger partial charge in [-0.1, -0.05) is 0 Å². The Morgan fingerprint density at radius 1 is 1.47 bits per heavy atom. The largest absolute Gasteiger partial charge is 0.480 e. The zero-order valence-corrected chi connectivity index (χ0v) is 15.6. The molecule has 3 rings (SSSR count). The summed E-state index contributed by atoms with van der Waals surface area (Å²) in [6.45, 7) is -1.18. The van der Waals surface area contributed by atoms with Gasteiger partial charge in [0.15, 0.2) is 0 Å². The standard InChI is InChI=1S/C16H17F2N7O5/c1-30-13-9(3-2-5-19-13)21-14-20-7-10(25(28)29)12(23-14)22-11-4-6-24(15(26)27)8-16(11,17)18/h2-3,5,7,11H,4,6,8H2,1H3,(H,26,27)(H2,20,21,22,23). The van der Waals surface area contributed by atoms with Crippen LogP contribution in [-0.4, -0.2) is 68.1 Å².